The average Bonchev–Trinajstić information content (AvgIpc) is 2.65. The molecule has 0 bridgehead atoms. The fraction of sp³-hybridized carbons (Fsp3) is 0.250. The molecule has 1 aromatic heterocycles. The van der Waals surface area contributed by atoms with Gasteiger partial charge in [0.15, 0.2) is 0 Å². The number of phenols is 1. The summed E-state index contributed by atoms with van der Waals surface area (Å²) in [6.07, 6.45) is 0. The van der Waals surface area contributed by atoms with E-state index >= 15 is 0 Å². The van der Waals surface area contributed by atoms with Crippen LogP contribution in [-0.2, 0) is 6.54 Å². The first-order valence-electron chi connectivity index (χ1n) is 8.69. The molecule has 0 spiro atoms. The summed E-state index contributed by atoms with van der Waals surface area (Å²) in [6, 6.07) is 15.0. The lowest BCUT2D eigenvalue weighted by Crippen LogP contribution is -3.13. The predicted octanol–water partition coefficient (Wildman–Crippen LogP) is 2.06. The lowest BCUT2D eigenvalue weighted by molar-refractivity contribution is -0.914. The number of fused-ring (bicyclic) bond motifs is 1. The number of hydrogen-bond acceptors (Lipinski definition) is 4. The molecule has 0 unspecified atom stereocenters. The third-order valence-corrected chi connectivity index (χ3v) is 5.23. The number of piperazine rings is 1. The van der Waals surface area contributed by atoms with Gasteiger partial charge in [0, 0.05) is 28.8 Å². The van der Waals surface area contributed by atoms with Crippen molar-refractivity contribution in [3.8, 4) is 5.75 Å². The van der Waals surface area contributed by atoms with E-state index in [0.717, 1.165) is 43.7 Å². The van der Waals surface area contributed by atoms with Crippen LogP contribution in [-0.4, -0.2) is 31.3 Å². The van der Waals surface area contributed by atoms with Crippen LogP contribution in [0.25, 0.3) is 11.0 Å². The summed E-state index contributed by atoms with van der Waals surface area (Å²) >= 11 is 6.05. The second kappa shape index (κ2) is 7.02. The molecule has 134 valence electrons. The minimum Gasteiger partial charge on any atom is -0.506 e. The number of para-hydroxylation sites is 1. The van der Waals surface area contributed by atoms with Crippen molar-refractivity contribution >= 4 is 28.3 Å². The largest absolute Gasteiger partial charge is 0.506 e. The third-order valence-electron chi connectivity index (χ3n) is 4.93. The van der Waals surface area contributed by atoms with Gasteiger partial charge in [-0.2, -0.15) is 0 Å². The Morgan fingerprint density at radius 2 is 1.85 bits per heavy atom. The summed E-state index contributed by atoms with van der Waals surface area (Å²) in [5, 5.41) is 10.8. The topological polar surface area (TPSA) is 58.1 Å². The summed E-state index contributed by atoms with van der Waals surface area (Å²) in [7, 11) is 0. The monoisotopic (exact) mass is 371 g/mol. The number of phenolic OH excluding ortho intramolecular Hbond substituents is 1. The average molecular weight is 372 g/mol. The van der Waals surface area contributed by atoms with Crippen LogP contribution in [0.3, 0.4) is 0 Å². The number of quaternary nitrogens is 1. The molecule has 0 saturated carbocycles. The summed E-state index contributed by atoms with van der Waals surface area (Å²) in [5.74, 6) is -0.0803. The highest BCUT2D eigenvalue weighted by molar-refractivity contribution is 6.32. The first-order valence-corrected chi connectivity index (χ1v) is 9.07. The molecule has 4 rings (SSSR count). The van der Waals surface area contributed by atoms with Gasteiger partial charge in [-0.3, -0.25) is 0 Å². The fourth-order valence-corrected chi connectivity index (χ4v) is 3.71. The van der Waals surface area contributed by atoms with Gasteiger partial charge in [0.25, 0.3) is 0 Å². The van der Waals surface area contributed by atoms with E-state index < -0.39 is 5.63 Å². The van der Waals surface area contributed by atoms with E-state index in [-0.39, 0.29) is 10.8 Å². The first-order chi connectivity index (χ1) is 12.6. The Labute approximate surface area is 156 Å². The van der Waals surface area contributed by atoms with Crippen LogP contribution >= 0.6 is 11.6 Å². The summed E-state index contributed by atoms with van der Waals surface area (Å²) in [5.41, 5.74) is 2.12. The molecule has 1 saturated heterocycles. The van der Waals surface area contributed by atoms with E-state index in [2.05, 4.69) is 29.2 Å². The minimum atomic E-state index is -0.406. The maximum absolute atomic E-state index is 11.9. The molecule has 1 aliphatic heterocycles. The number of nitrogens with zero attached hydrogens (tertiary/aromatic N) is 1. The van der Waals surface area contributed by atoms with Gasteiger partial charge in [0.1, 0.15) is 17.9 Å². The molecule has 2 N–H and O–H groups in total. The van der Waals surface area contributed by atoms with Crippen LogP contribution in [0.1, 0.15) is 5.56 Å². The van der Waals surface area contributed by atoms with Crippen molar-refractivity contribution in [2.45, 2.75) is 6.54 Å². The maximum atomic E-state index is 11.9. The molecular formula is C20H20ClN2O3+. The zero-order chi connectivity index (χ0) is 18.1. The van der Waals surface area contributed by atoms with Crippen molar-refractivity contribution < 1.29 is 14.4 Å². The van der Waals surface area contributed by atoms with Crippen molar-refractivity contribution in [2.24, 2.45) is 0 Å². The zero-order valence-electron chi connectivity index (χ0n) is 14.2. The standard InChI is InChI=1S/C20H19ClN2O3/c21-17-11-16-14(10-20(25)26-19(16)12-18(17)24)13-22-6-8-23(9-7-22)15-4-2-1-3-5-15/h1-5,10-12,24H,6-9,13H2/p+1. The summed E-state index contributed by atoms with van der Waals surface area (Å²) < 4.78 is 5.21. The highest BCUT2D eigenvalue weighted by atomic mass is 35.5. The molecule has 3 aromatic rings. The van der Waals surface area contributed by atoms with Gasteiger partial charge in [-0.05, 0) is 18.2 Å². The molecule has 1 aliphatic rings. The summed E-state index contributed by atoms with van der Waals surface area (Å²) in [6.45, 7) is 4.65. The quantitative estimate of drug-likeness (QED) is 0.692. The second-order valence-electron chi connectivity index (χ2n) is 6.64. The van der Waals surface area contributed by atoms with Crippen LogP contribution in [0, 0.1) is 0 Å². The number of hydrogen-bond donors (Lipinski definition) is 2. The smallest absolute Gasteiger partial charge is 0.336 e. The van der Waals surface area contributed by atoms with Crippen LogP contribution in [0.2, 0.25) is 5.02 Å². The van der Waals surface area contributed by atoms with Gasteiger partial charge >= 0.3 is 5.63 Å². The van der Waals surface area contributed by atoms with Crippen LogP contribution in [0.4, 0.5) is 5.69 Å². The molecule has 1 fully saturated rings. The lowest BCUT2D eigenvalue weighted by Gasteiger charge is -2.33. The van der Waals surface area contributed by atoms with Crippen molar-refractivity contribution in [1.29, 1.82) is 0 Å². The van der Waals surface area contributed by atoms with Gasteiger partial charge in [-0.25, -0.2) is 4.79 Å². The number of rotatable bonds is 3. The van der Waals surface area contributed by atoms with Crippen LogP contribution in [0.5, 0.6) is 5.75 Å². The van der Waals surface area contributed by atoms with E-state index in [9.17, 15) is 9.90 Å². The highest BCUT2D eigenvalue weighted by Gasteiger charge is 2.22. The maximum Gasteiger partial charge on any atom is 0.336 e. The van der Waals surface area contributed by atoms with E-state index in [1.807, 2.05) is 6.07 Å². The molecule has 0 radical (unpaired) electrons. The van der Waals surface area contributed by atoms with Crippen molar-refractivity contribution in [3.63, 3.8) is 0 Å². The number of anilines is 1. The Hall–Kier alpha value is -2.50. The SMILES string of the molecule is O=c1cc(C[NH+]2CCN(c3ccccc3)CC2)c2cc(Cl)c(O)cc2o1. The number of aromatic hydroxyl groups is 1. The lowest BCUT2D eigenvalue weighted by atomic mass is 10.1. The van der Waals surface area contributed by atoms with E-state index in [1.165, 1.54) is 22.7 Å². The Bertz CT molecular complexity index is 980. The van der Waals surface area contributed by atoms with E-state index in [1.54, 1.807) is 6.07 Å². The van der Waals surface area contributed by atoms with Gasteiger partial charge in [-0.1, -0.05) is 29.8 Å². The van der Waals surface area contributed by atoms with Crippen molar-refractivity contribution in [2.75, 3.05) is 31.1 Å². The number of nitrogens with one attached hydrogen (secondary N) is 1. The molecule has 5 nitrogen and oxygen atoms in total. The van der Waals surface area contributed by atoms with Gasteiger partial charge in [0.2, 0.25) is 0 Å². The van der Waals surface area contributed by atoms with Crippen molar-refractivity contribution in [3.05, 3.63) is 69.5 Å². The predicted molar refractivity (Wildman–Crippen MR) is 102 cm³/mol. The van der Waals surface area contributed by atoms with Crippen molar-refractivity contribution in [1.82, 2.24) is 0 Å². The Morgan fingerprint density at radius 1 is 1.12 bits per heavy atom. The Kier molecular flexibility index (Phi) is 4.57. The van der Waals surface area contributed by atoms with Crippen LogP contribution in [0.15, 0.2) is 57.7 Å². The first kappa shape index (κ1) is 16.9. The molecule has 2 heterocycles. The van der Waals surface area contributed by atoms with Gasteiger partial charge in [-0.15, -0.1) is 0 Å². The second-order valence-corrected chi connectivity index (χ2v) is 7.05. The Balaban J connectivity index is 1.53. The number of halogens is 1. The molecule has 0 aliphatic carbocycles. The molecular weight excluding hydrogens is 352 g/mol. The van der Waals surface area contributed by atoms with Gasteiger partial charge in [0.05, 0.1) is 31.2 Å². The number of benzene rings is 2. The molecule has 26 heavy (non-hydrogen) atoms. The van der Waals surface area contributed by atoms with E-state index in [0.29, 0.717) is 5.58 Å². The Morgan fingerprint density at radius 3 is 2.58 bits per heavy atom. The highest BCUT2D eigenvalue weighted by Crippen LogP contribution is 2.29. The molecule has 2 aromatic carbocycles. The fourth-order valence-electron chi connectivity index (χ4n) is 3.55. The van der Waals surface area contributed by atoms with Gasteiger partial charge < -0.3 is 19.3 Å². The summed E-state index contributed by atoms with van der Waals surface area (Å²) in [4.78, 5) is 15.7. The normalized spacial score (nSPS) is 15.5. The zero-order valence-corrected chi connectivity index (χ0v) is 15.0. The molecule has 0 atom stereocenters. The van der Waals surface area contributed by atoms with E-state index in [4.69, 9.17) is 16.0 Å². The minimum absolute atomic E-state index is 0.0803. The third kappa shape index (κ3) is 3.41. The molecule has 6 heteroatoms. The van der Waals surface area contributed by atoms with Crippen LogP contribution < -0.4 is 15.4 Å². The molecule has 0 amide bonds.